The van der Waals surface area contributed by atoms with Gasteiger partial charge in [-0.2, -0.15) is 0 Å². The van der Waals surface area contributed by atoms with E-state index in [1.165, 1.54) is 18.2 Å². The van der Waals surface area contributed by atoms with E-state index >= 15 is 0 Å². The number of ether oxygens (including phenoxy) is 1. The fourth-order valence-electron chi connectivity index (χ4n) is 1.77. The molecule has 0 spiro atoms. The molecule has 0 fully saturated rings. The first-order valence-electron chi connectivity index (χ1n) is 5.95. The van der Waals surface area contributed by atoms with Gasteiger partial charge in [-0.05, 0) is 47.1 Å². The van der Waals surface area contributed by atoms with Crippen molar-refractivity contribution in [3.05, 3.63) is 63.6 Å². The Morgan fingerprint density at radius 1 is 1.25 bits per heavy atom. The van der Waals surface area contributed by atoms with E-state index in [-0.39, 0.29) is 10.0 Å². The maximum atomic E-state index is 13.9. The molecule has 0 N–H and O–H groups in total. The van der Waals surface area contributed by atoms with Crippen LogP contribution >= 0.6 is 15.9 Å². The summed E-state index contributed by atoms with van der Waals surface area (Å²) < 4.78 is 32.9. The van der Waals surface area contributed by atoms with E-state index in [2.05, 4.69) is 15.9 Å². The zero-order chi connectivity index (χ0) is 14.7. The summed E-state index contributed by atoms with van der Waals surface area (Å²) in [6, 6.07) is 8.50. The van der Waals surface area contributed by atoms with E-state index in [0.29, 0.717) is 12.4 Å². The first-order valence-corrected chi connectivity index (χ1v) is 6.75. The first-order chi connectivity index (χ1) is 9.54. The second kappa shape index (κ2) is 6.13. The van der Waals surface area contributed by atoms with Crippen LogP contribution in [-0.2, 0) is 0 Å². The molecule has 0 radical (unpaired) electrons. The van der Waals surface area contributed by atoms with Gasteiger partial charge in [-0.15, -0.1) is 0 Å². The van der Waals surface area contributed by atoms with Gasteiger partial charge in [0.05, 0.1) is 16.6 Å². The Bertz CT molecular complexity index is 656. The first kappa shape index (κ1) is 14.7. The van der Waals surface area contributed by atoms with Gasteiger partial charge in [-0.1, -0.05) is 12.1 Å². The van der Waals surface area contributed by atoms with E-state index in [1.807, 2.05) is 6.92 Å². The number of hydrogen-bond acceptors (Lipinski definition) is 2. The number of hydrogen-bond donors (Lipinski definition) is 0. The van der Waals surface area contributed by atoms with Crippen LogP contribution in [0.5, 0.6) is 5.75 Å². The summed E-state index contributed by atoms with van der Waals surface area (Å²) in [6.07, 6.45) is 0. The molecule has 0 amide bonds. The summed E-state index contributed by atoms with van der Waals surface area (Å²) in [5, 5.41) is 0. The number of ketones is 1. The maximum Gasteiger partial charge on any atom is 0.199 e. The zero-order valence-corrected chi connectivity index (χ0v) is 12.2. The molecule has 2 nitrogen and oxygen atoms in total. The lowest BCUT2D eigenvalue weighted by Crippen LogP contribution is -2.08. The molecule has 0 atom stereocenters. The molecular formula is C15H11BrF2O2. The molecule has 2 rings (SSSR count). The monoisotopic (exact) mass is 340 g/mol. The Labute approximate surface area is 123 Å². The van der Waals surface area contributed by atoms with Crippen molar-refractivity contribution in [3.8, 4) is 5.75 Å². The van der Waals surface area contributed by atoms with E-state index < -0.39 is 23.0 Å². The third kappa shape index (κ3) is 2.88. The van der Waals surface area contributed by atoms with Crippen molar-refractivity contribution in [1.82, 2.24) is 0 Å². The molecule has 0 unspecified atom stereocenters. The summed E-state index contributed by atoms with van der Waals surface area (Å²) in [5.41, 5.74) is -0.403. The third-order valence-electron chi connectivity index (χ3n) is 2.68. The Morgan fingerprint density at radius 3 is 2.70 bits per heavy atom. The van der Waals surface area contributed by atoms with Crippen LogP contribution in [0.2, 0.25) is 0 Å². The van der Waals surface area contributed by atoms with Crippen LogP contribution in [0.3, 0.4) is 0 Å². The quantitative estimate of drug-likeness (QED) is 0.610. The zero-order valence-electron chi connectivity index (χ0n) is 10.6. The highest BCUT2D eigenvalue weighted by Crippen LogP contribution is 2.25. The van der Waals surface area contributed by atoms with Gasteiger partial charge < -0.3 is 4.74 Å². The van der Waals surface area contributed by atoms with Gasteiger partial charge in [0, 0.05) is 5.56 Å². The molecule has 0 heterocycles. The van der Waals surface area contributed by atoms with E-state index in [1.54, 1.807) is 12.1 Å². The average Bonchev–Trinajstić information content (AvgIpc) is 2.44. The maximum absolute atomic E-state index is 13.9. The number of halogens is 3. The van der Waals surface area contributed by atoms with Gasteiger partial charge in [0.25, 0.3) is 0 Å². The SMILES string of the molecule is CCOc1cccc(C(=O)c2c(F)ccc(Br)c2F)c1. The Hall–Kier alpha value is -1.75. The summed E-state index contributed by atoms with van der Waals surface area (Å²) in [5.74, 6) is -2.04. The molecule has 20 heavy (non-hydrogen) atoms. The number of carbonyl (C=O) groups excluding carboxylic acids is 1. The number of carbonyl (C=O) groups is 1. The van der Waals surface area contributed by atoms with Crippen molar-refractivity contribution in [2.24, 2.45) is 0 Å². The van der Waals surface area contributed by atoms with Gasteiger partial charge >= 0.3 is 0 Å². The van der Waals surface area contributed by atoms with Crippen molar-refractivity contribution in [2.75, 3.05) is 6.61 Å². The minimum absolute atomic E-state index is 0.0446. The van der Waals surface area contributed by atoms with Crippen molar-refractivity contribution in [2.45, 2.75) is 6.92 Å². The van der Waals surface area contributed by atoms with Crippen molar-refractivity contribution >= 4 is 21.7 Å². The van der Waals surface area contributed by atoms with E-state index in [9.17, 15) is 13.6 Å². The lowest BCUT2D eigenvalue weighted by atomic mass is 10.0. The predicted molar refractivity (Wildman–Crippen MR) is 75.1 cm³/mol. The van der Waals surface area contributed by atoms with Gasteiger partial charge in [0.2, 0.25) is 0 Å². The molecule has 2 aromatic carbocycles. The lowest BCUT2D eigenvalue weighted by Gasteiger charge is -2.08. The Balaban J connectivity index is 2.46. The van der Waals surface area contributed by atoms with Gasteiger partial charge in [-0.3, -0.25) is 4.79 Å². The second-order valence-corrected chi connectivity index (χ2v) is 4.86. The lowest BCUT2D eigenvalue weighted by molar-refractivity contribution is 0.103. The summed E-state index contributed by atoms with van der Waals surface area (Å²) >= 11 is 2.94. The van der Waals surface area contributed by atoms with E-state index in [4.69, 9.17) is 4.74 Å². The van der Waals surface area contributed by atoms with Crippen LogP contribution in [-0.4, -0.2) is 12.4 Å². The second-order valence-electron chi connectivity index (χ2n) is 4.01. The van der Waals surface area contributed by atoms with Crippen LogP contribution in [0.15, 0.2) is 40.9 Å². The highest BCUT2D eigenvalue weighted by atomic mass is 79.9. The predicted octanol–water partition coefficient (Wildman–Crippen LogP) is 4.36. The van der Waals surface area contributed by atoms with Crippen molar-refractivity contribution in [1.29, 1.82) is 0 Å². The van der Waals surface area contributed by atoms with Crippen LogP contribution in [0.4, 0.5) is 8.78 Å². The molecule has 0 saturated heterocycles. The topological polar surface area (TPSA) is 26.3 Å². The normalized spacial score (nSPS) is 10.4. The van der Waals surface area contributed by atoms with Gasteiger partial charge in [0.1, 0.15) is 11.6 Å². The molecule has 0 saturated carbocycles. The Kier molecular flexibility index (Phi) is 4.49. The van der Waals surface area contributed by atoms with Crippen LogP contribution in [0, 0.1) is 11.6 Å². The molecule has 0 bridgehead atoms. The van der Waals surface area contributed by atoms with Gasteiger partial charge in [-0.25, -0.2) is 8.78 Å². The van der Waals surface area contributed by atoms with Crippen molar-refractivity contribution in [3.63, 3.8) is 0 Å². The molecule has 5 heteroatoms. The molecule has 0 aliphatic carbocycles. The molecule has 0 aliphatic heterocycles. The third-order valence-corrected chi connectivity index (χ3v) is 3.29. The smallest absolute Gasteiger partial charge is 0.199 e. The fraction of sp³-hybridized carbons (Fsp3) is 0.133. The standard InChI is InChI=1S/C15H11BrF2O2/c1-2-20-10-5-3-4-9(8-10)15(19)13-12(17)7-6-11(16)14(13)18/h3-8H,2H2,1H3. The van der Waals surface area contributed by atoms with Gasteiger partial charge in [0.15, 0.2) is 11.6 Å². The minimum Gasteiger partial charge on any atom is -0.494 e. The number of benzene rings is 2. The fourth-order valence-corrected chi connectivity index (χ4v) is 2.10. The number of rotatable bonds is 4. The largest absolute Gasteiger partial charge is 0.494 e. The summed E-state index contributed by atoms with van der Waals surface area (Å²) in [6.45, 7) is 2.25. The van der Waals surface area contributed by atoms with Crippen molar-refractivity contribution < 1.29 is 18.3 Å². The van der Waals surface area contributed by atoms with E-state index in [0.717, 1.165) is 6.07 Å². The molecule has 104 valence electrons. The summed E-state index contributed by atoms with van der Waals surface area (Å²) in [4.78, 5) is 12.2. The molecule has 0 aliphatic rings. The minimum atomic E-state index is -0.906. The highest BCUT2D eigenvalue weighted by Gasteiger charge is 2.21. The van der Waals surface area contributed by atoms with Crippen LogP contribution < -0.4 is 4.74 Å². The molecular weight excluding hydrogens is 330 g/mol. The summed E-state index contributed by atoms with van der Waals surface area (Å²) in [7, 11) is 0. The highest BCUT2D eigenvalue weighted by molar-refractivity contribution is 9.10. The molecule has 2 aromatic rings. The van der Waals surface area contributed by atoms with Crippen LogP contribution in [0.1, 0.15) is 22.8 Å². The molecule has 0 aromatic heterocycles. The van der Waals surface area contributed by atoms with Crippen LogP contribution in [0.25, 0.3) is 0 Å². The Morgan fingerprint density at radius 2 is 2.00 bits per heavy atom. The average molecular weight is 341 g/mol.